The maximum atomic E-state index is 12.4. The van der Waals surface area contributed by atoms with Gasteiger partial charge in [-0.2, -0.15) is 0 Å². The highest BCUT2D eigenvalue weighted by atomic mass is 16.5. The Morgan fingerprint density at radius 1 is 1.04 bits per heavy atom. The van der Waals surface area contributed by atoms with E-state index in [1.807, 2.05) is 49.4 Å². The van der Waals surface area contributed by atoms with Crippen LogP contribution in [0.25, 0.3) is 0 Å². The smallest absolute Gasteiger partial charge is 0.307 e. The van der Waals surface area contributed by atoms with E-state index < -0.39 is 17.8 Å². The SMILES string of the molecule is CC(Oc1ccccc1NC(=O)C1CCC1C(=O)O)c1ccccc1. The molecule has 0 heterocycles. The highest BCUT2D eigenvalue weighted by Gasteiger charge is 2.41. The summed E-state index contributed by atoms with van der Waals surface area (Å²) in [6.07, 6.45) is 0.984. The Balaban J connectivity index is 1.71. The second-order valence-electron chi connectivity index (χ2n) is 6.28. The van der Waals surface area contributed by atoms with Crippen molar-refractivity contribution in [2.45, 2.75) is 25.9 Å². The molecule has 1 fully saturated rings. The van der Waals surface area contributed by atoms with Gasteiger partial charge in [0.1, 0.15) is 11.9 Å². The van der Waals surface area contributed by atoms with Crippen LogP contribution in [0.1, 0.15) is 31.4 Å². The lowest BCUT2D eigenvalue weighted by atomic mass is 9.73. The number of amides is 1. The van der Waals surface area contributed by atoms with Gasteiger partial charge in [-0.25, -0.2) is 0 Å². The minimum absolute atomic E-state index is 0.172. The predicted octanol–water partition coefficient (Wildman–Crippen LogP) is 3.88. The number of hydrogen-bond acceptors (Lipinski definition) is 3. The first-order valence-corrected chi connectivity index (χ1v) is 8.40. The Kier molecular flexibility index (Phi) is 5.03. The average molecular weight is 339 g/mol. The monoisotopic (exact) mass is 339 g/mol. The van der Waals surface area contributed by atoms with E-state index in [-0.39, 0.29) is 12.0 Å². The van der Waals surface area contributed by atoms with Gasteiger partial charge in [0.05, 0.1) is 17.5 Å². The number of carbonyl (C=O) groups is 2. The number of anilines is 1. The molecule has 3 atom stereocenters. The van der Waals surface area contributed by atoms with Crippen molar-refractivity contribution >= 4 is 17.6 Å². The van der Waals surface area contributed by atoms with E-state index in [2.05, 4.69) is 5.32 Å². The molecule has 2 aromatic rings. The van der Waals surface area contributed by atoms with Crippen molar-refractivity contribution < 1.29 is 19.4 Å². The number of hydrogen-bond donors (Lipinski definition) is 2. The fourth-order valence-electron chi connectivity index (χ4n) is 2.99. The van der Waals surface area contributed by atoms with Crippen molar-refractivity contribution in [3.63, 3.8) is 0 Å². The Hall–Kier alpha value is -2.82. The van der Waals surface area contributed by atoms with E-state index >= 15 is 0 Å². The van der Waals surface area contributed by atoms with Gasteiger partial charge in [0.15, 0.2) is 0 Å². The third-order valence-electron chi connectivity index (χ3n) is 4.65. The molecule has 0 spiro atoms. The van der Waals surface area contributed by atoms with E-state index in [1.165, 1.54) is 0 Å². The molecule has 0 aliphatic heterocycles. The molecule has 0 saturated heterocycles. The summed E-state index contributed by atoms with van der Waals surface area (Å²) in [6, 6.07) is 17.0. The number of carbonyl (C=O) groups excluding carboxylic acids is 1. The zero-order valence-corrected chi connectivity index (χ0v) is 14.0. The number of rotatable bonds is 6. The third kappa shape index (κ3) is 3.82. The van der Waals surface area contributed by atoms with Gasteiger partial charge < -0.3 is 15.2 Å². The number of aliphatic carboxylic acids is 1. The fraction of sp³-hybridized carbons (Fsp3) is 0.300. The third-order valence-corrected chi connectivity index (χ3v) is 4.65. The summed E-state index contributed by atoms with van der Waals surface area (Å²) < 4.78 is 6.01. The van der Waals surface area contributed by atoms with Crippen molar-refractivity contribution in [1.29, 1.82) is 0 Å². The van der Waals surface area contributed by atoms with E-state index in [0.717, 1.165) is 5.56 Å². The number of carboxylic acids is 1. The quantitative estimate of drug-likeness (QED) is 0.837. The zero-order chi connectivity index (χ0) is 17.8. The number of para-hydroxylation sites is 2. The van der Waals surface area contributed by atoms with Crippen molar-refractivity contribution in [2.24, 2.45) is 11.8 Å². The lowest BCUT2D eigenvalue weighted by Crippen LogP contribution is -2.41. The minimum atomic E-state index is -0.909. The molecule has 1 amide bonds. The average Bonchev–Trinajstić information content (AvgIpc) is 2.55. The van der Waals surface area contributed by atoms with Gasteiger partial charge in [0.2, 0.25) is 5.91 Å². The molecule has 0 radical (unpaired) electrons. The minimum Gasteiger partial charge on any atom is -0.484 e. The van der Waals surface area contributed by atoms with Gasteiger partial charge in [-0.05, 0) is 37.5 Å². The van der Waals surface area contributed by atoms with Crippen LogP contribution in [-0.4, -0.2) is 17.0 Å². The Morgan fingerprint density at radius 3 is 2.32 bits per heavy atom. The lowest BCUT2D eigenvalue weighted by Gasteiger charge is -2.32. The van der Waals surface area contributed by atoms with Crippen molar-refractivity contribution in [3.8, 4) is 5.75 Å². The highest BCUT2D eigenvalue weighted by Crippen LogP contribution is 2.36. The van der Waals surface area contributed by atoms with Crippen LogP contribution in [0.5, 0.6) is 5.75 Å². The summed E-state index contributed by atoms with van der Waals surface area (Å²) >= 11 is 0. The summed E-state index contributed by atoms with van der Waals surface area (Å²) in [7, 11) is 0. The van der Waals surface area contributed by atoms with Crippen LogP contribution in [0.2, 0.25) is 0 Å². The lowest BCUT2D eigenvalue weighted by molar-refractivity contribution is -0.151. The maximum absolute atomic E-state index is 12.4. The van der Waals surface area contributed by atoms with Crippen LogP contribution < -0.4 is 10.1 Å². The first kappa shape index (κ1) is 17.0. The number of nitrogens with one attached hydrogen (secondary N) is 1. The van der Waals surface area contributed by atoms with Gasteiger partial charge in [0.25, 0.3) is 0 Å². The first-order chi connectivity index (χ1) is 12.1. The molecular weight excluding hydrogens is 318 g/mol. The van der Waals surface area contributed by atoms with Crippen molar-refractivity contribution in [1.82, 2.24) is 0 Å². The standard InChI is InChI=1S/C20H21NO4/c1-13(14-7-3-2-4-8-14)25-18-10-6-5-9-17(18)21-19(22)15-11-12-16(15)20(23)24/h2-10,13,15-16H,11-12H2,1H3,(H,21,22)(H,23,24). The fourth-order valence-corrected chi connectivity index (χ4v) is 2.99. The van der Waals surface area contributed by atoms with Crippen molar-refractivity contribution in [2.75, 3.05) is 5.32 Å². The molecule has 2 N–H and O–H groups in total. The molecule has 1 aliphatic rings. The van der Waals surface area contributed by atoms with Gasteiger partial charge in [-0.3, -0.25) is 9.59 Å². The summed E-state index contributed by atoms with van der Waals surface area (Å²) in [5, 5.41) is 11.9. The molecule has 0 aromatic heterocycles. The van der Waals surface area contributed by atoms with E-state index in [4.69, 9.17) is 9.84 Å². The highest BCUT2D eigenvalue weighted by molar-refractivity contribution is 5.97. The van der Waals surface area contributed by atoms with Crippen LogP contribution in [0.4, 0.5) is 5.69 Å². The van der Waals surface area contributed by atoms with Crippen LogP contribution in [-0.2, 0) is 9.59 Å². The first-order valence-electron chi connectivity index (χ1n) is 8.40. The summed E-state index contributed by atoms with van der Waals surface area (Å²) in [6.45, 7) is 1.94. The van der Waals surface area contributed by atoms with E-state index in [9.17, 15) is 9.59 Å². The van der Waals surface area contributed by atoms with Crippen molar-refractivity contribution in [3.05, 3.63) is 60.2 Å². The summed E-state index contributed by atoms with van der Waals surface area (Å²) in [5.74, 6) is -1.66. The summed E-state index contributed by atoms with van der Waals surface area (Å²) in [4.78, 5) is 23.5. The molecule has 3 rings (SSSR count). The van der Waals surface area contributed by atoms with E-state index in [1.54, 1.807) is 12.1 Å². The van der Waals surface area contributed by atoms with Gasteiger partial charge in [-0.15, -0.1) is 0 Å². The van der Waals surface area contributed by atoms with Gasteiger partial charge in [0, 0.05) is 0 Å². The second-order valence-corrected chi connectivity index (χ2v) is 6.28. The zero-order valence-electron chi connectivity index (χ0n) is 14.0. The molecule has 5 nitrogen and oxygen atoms in total. The van der Waals surface area contributed by atoms with Crippen LogP contribution in [0.15, 0.2) is 54.6 Å². The second kappa shape index (κ2) is 7.38. The van der Waals surface area contributed by atoms with Crippen LogP contribution in [0, 0.1) is 11.8 Å². The molecule has 3 unspecified atom stereocenters. The number of ether oxygens (including phenoxy) is 1. The Labute approximate surface area is 146 Å². The molecule has 2 aromatic carbocycles. The topological polar surface area (TPSA) is 75.6 Å². The van der Waals surface area contributed by atoms with Gasteiger partial charge in [-0.1, -0.05) is 42.5 Å². The van der Waals surface area contributed by atoms with Gasteiger partial charge >= 0.3 is 5.97 Å². The number of carboxylic acid groups (broad SMARTS) is 1. The molecule has 1 saturated carbocycles. The van der Waals surface area contributed by atoms with Crippen LogP contribution >= 0.6 is 0 Å². The molecule has 0 bridgehead atoms. The normalized spacial score (nSPS) is 20.2. The number of benzene rings is 2. The van der Waals surface area contributed by atoms with E-state index in [0.29, 0.717) is 24.3 Å². The largest absolute Gasteiger partial charge is 0.484 e. The predicted molar refractivity (Wildman–Crippen MR) is 94.4 cm³/mol. The summed E-state index contributed by atoms with van der Waals surface area (Å²) in [5.41, 5.74) is 1.60. The van der Waals surface area contributed by atoms with Crippen LogP contribution in [0.3, 0.4) is 0 Å². The Morgan fingerprint density at radius 2 is 1.68 bits per heavy atom. The maximum Gasteiger partial charge on any atom is 0.307 e. The molecule has 130 valence electrons. The Bertz CT molecular complexity index is 759. The molecule has 1 aliphatic carbocycles. The molecular formula is C20H21NO4. The molecule has 5 heteroatoms. The molecule has 25 heavy (non-hydrogen) atoms.